The number of amides is 1. The van der Waals surface area contributed by atoms with Crippen LogP contribution in [0, 0.1) is 0 Å². The summed E-state index contributed by atoms with van der Waals surface area (Å²) in [6, 6.07) is 0.851. The molecule has 0 aliphatic carbocycles. The van der Waals surface area contributed by atoms with E-state index in [0.717, 1.165) is 26.2 Å². The number of rotatable bonds is 4. The zero-order valence-corrected chi connectivity index (χ0v) is 10.9. The van der Waals surface area contributed by atoms with Crippen LogP contribution < -0.4 is 0 Å². The molecule has 1 aliphatic rings. The molecule has 0 saturated carbocycles. The summed E-state index contributed by atoms with van der Waals surface area (Å²) in [7, 11) is 1.73. The lowest BCUT2D eigenvalue weighted by Crippen LogP contribution is -2.58. The van der Waals surface area contributed by atoms with E-state index in [9.17, 15) is 4.79 Å². The average Bonchev–Trinajstić information content (AvgIpc) is 2.26. The van der Waals surface area contributed by atoms with Crippen molar-refractivity contribution in [2.45, 2.75) is 39.3 Å². The van der Waals surface area contributed by atoms with E-state index in [1.165, 1.54) is 0 Å². The van der Waals surface area contributed by atoms with E-state index in [1.54, 1.807) is 7.11 Å². The molecule has 16 heavy (non-hydrogen) atoms. The normalized spacial score (nSPS) is 27.1. The Hall–Kier alpha value is -0.610. The number of nitrogens with zero attached hydrogens (tertiary/aromatic N) is 2. The monoisotopic (exact) mass is 228 g/mol. The van der Waals surface area contributed by atoms with Crippen molar-refractivity contribution in [1.29, 1.82) is 0 Å². The molecule has 0 aromatic rings. The molecule has 1 aliphatic heterocycles. The summed E-state index contributed by atoms with van der Waals surface area (Å²) in [5.74, 6) is 0.269. The Kier molecular flexibility index (Phi) is 5.22. The van der Waals surface area contributed by atoms with Gasteiger partial charge < -0.3 is 9.64 Å². The van der Waals surface area contributed by atoms with Crippen molar-refractivity contribution in [3.8, 4) is 0 Å². The Bertz CT molecular complexity index is 221. The summed E-state index contributed by atoms with van der Waals surface area (Å²) in [6.45, 7) is 9.70. The van der Waals surface area contributed by atoms with E-state index in [1.807, 2.05) is 11.8 Å². The third kappa shape index (κ3) is 3.19. The Labute approximate surface area is 98.5 Å². The maximum Gasteiger partial charge on any atom is 0.222 e. The molecule has 1 rings (SSSR count). The third-order valence-corrected chi connectivity index (χ3v) is 3.31. The maximum atomic E-state index is 11.7. The van der Waals surface area contributed by atoms with Crippen LogP contribution in [0.25, 0.3) is 0 Å². The Morgan fingerprint density at radius 1 is 1.31 bits per heavy atom. The lowest BCUT2D eigenvalue weighted by Gasteiger charge is -2.44. The standard InChI is InChI=1S/C12H24N2O2/c1-5-12(15)13-8-10(2)14(6-7-16-4)11(3)9-13/h10-11H,5-9H2,1-4H3. The summed E-state index contributed by atoms with van der Waals surface area (Å²) >= 11 is 0. The van der Waals surface area contributed by atoms with Gasteiger partial charge in [-0.2, -0.15) is 0 Å². The fourth-order valence-corrected chi connectivity index (χ4v) is 2.42. The van der Waals surface area contributed by atoms with E-state index in [-0.39, 0.29) is 5.91 Å². The molecule has 0 N–H and O–H groups in total. The van der Waals surface area contributed by atoms with Crippen molar-refractivity contribution in [2.24, 2.45) is 0 Å². The number of hydrogen-bond acceptors (Lipinski definition) is 3. The van der Waals surface area contributed by atoms with E-state index >= 15 is 0 Å². The number of piperazine rings is 1. The second-order valence-corrected chi connectivity index (χ2v) is 4.58. The highest BCUT2D eigenvalue weighted by Gasteiger charge is 2.30. The minimum Gasteiger partial charge on any atom is -0.383 e. The van der Waals surface area contributed by atoms with Crippen LogP contribution >= 0.6 is 0 Å². The first-order valence-corrected chi connectivity index (χ1v) is 6.12. The minimum absolute atomic E-state index is 0.269. The van der Waals surface area contributed by atoms with E-state index < -0.39 is 0 Å². The van der Waals surface area contributed by atoms with Gasteiger partial charge in [0.05, 0.1) is 6.61 Å². The smallest absolute Gasteiger partial charge is 0.222 e. The average molecular weight is 228 g/mol. The topological polar surface area (TPSA) is 32.8 Å². The fraction of sp³-hybridized carbons (Fsp3) is 0.917. The van der Waals surface area contributed by atoms with Gasteiger partial charge in [0, 0.05) is 45.2 Å². The number of carbonyl (C=O) groups is 1. The van der Waals surface area contributed by atoms with E-state index in [0.29, 0.717) is 18.5 Å². The van der Waals surface area contributed by atoms with Crippen LogP contribution in [0.4, 0.5) is 0 Å². The van der Waals surface area contributed by atoms with Crippen molar-refractivity contribution in [3.05, 3.63) is 0 Å². The SMILES string of the molecule is CCC(=O)N1CC(C)N(CCOC)C(C)C1. The van der Waals surface area contributed by atoms with Gasteiger partial charge in [0.1, 0.15) is 0 Å². The van der Waals surface area contributed by atoms with Gasteiger partial charge in [-0.05, 0) is 13.8 Å². The lowest BCUT2D eigenvalue weighted by atomic mass is 10.1. The van der Waals surface area contributed by atoms with Gasteiger partial charge in [-0.3, -0.25) is 9.69 Å². The van der Waals surface area contributed by atoms with Gasteiger partial charge in [0.15, 0.2) is 0 Å². The molecule has 1 heterocycles. The van der Waals surface area contributed by atoms with Crippen molar-refractivity contribution in [1.82, 2.24) is 9.80 Å². The van der Waals surface area contributed by atoms with Crippen LogP contribution in [0.1, 0.15) is 27.2 Å². The summed E-state index contributed by atoms with van der Waals surface area (Å²) in [5.41, 5.74) is 0. The summed E-state index contributed by atoms with van der Waals surface area (Å²) in [6.07, 6.45) is 0.609. The maximum absolute atomic E-state index is 11.7. The second-order valence-electron chi connectivity index (χ2n) is 4.58. The Balaban J connectivity index is 2.53. The van der Waals surface area contributed by atoms with Crippen LogP contribution in [-0.4, -0.2) is 61.1 Å². The quantitative estimate of drug-likeness (QED) is 0.718. The van der Waals surface area contributed by atoms with Gasteiger partial charge in [0.25, 0.3) is 0 Å². The van der Waals surface area contributed by atoms with Crippen molar-refractivity contribution in [2.75, 3.05) is 33.4 Å². The molecule has 1 amide bonds. The van der Waals surface area contributed by atoms with E-state index in [2.05, 4.69) is 18.7 Å². The Morgan fingerprint density at radius 3 is 2.31 bits per heavy atom. The molecule has 0 aromatic heterocycles. The highest BCUT2D eigenvalue weighted by molar-refractivity contribution is 5.76. The molecular formula is C12H24N2O2. The lowest BCUT2D eigenvalue weighted by molar-refractivity contribution is -0.135. The molecule has 4 heteroatoms. The molecule has 1 fully saturated rings. The van der Waals surface area contributed by atoms with Gasteiger partial charge in [-0.25, -0.2) is 0 Å². The van der Waals surface area contributed by atoms with Gasteiger partial charge in [0.2, 0.25) is 5.91 Å². The molecule has 0 bridgehead atoms. The Morgan fingerprint density at radius 2 is 1.88 bits per heavy atom. The molecular weight excluding hydrogens is 204 g/mol. The predicted octanol–water partition coefficient (Wildman–Crippen LogP) is 0.964. The molecule has 2 unspecified atom stereocenters. The highest BCUT2D eigenvalue weighted by atomic mass is 16.5. The van der Waals surface area contributed by atoms with Gasteiger partial charge >= 0.3 is 0 Å². The molecule has 4 nitrogen and oxygen atoms in total. The van der Waals surface area contributed by atoms with Crippen molar-refractivity contribution in [3.63, 3.8) is 0 Å². The zero-order chi connectivity index (χ0) is 12.1. The third-order valence-electron chi connectivity index (χ3n) is 3.31. The van der Waals surface area contributed by atoms with Crippen LogP contribution in [-0.2, 0) is 9.53 Å². The van der Waals surface area contributed by atoms with E-state index in [4.69, 9.17) is 4.74 Å². The van der Waals surface area contributed by atoms with Crippen LogP contribution in [0.3, 0.4) is 0 Å². The fourth-order valence-electron chi connectivity index (χ4n) is 2.42. The zero-order valence-electron chi connectivity index (χ0n) is 10.9. The molecule has 0 spiro atoms. The summed E-state index contributed by atoms with van der Waals surface area (Å²) in [4.78, 5) is 16.1. The second kappa shape index (κ2) is 6.21. The number of carbonyl (C=O) groups excluding carboxylic acids is 1. The van der Waals surface area contributed by atoms with Crippen molar-refractivity contribution < 1.29 is 9.53 Å². The number of methoxy groups -OCH3 is 1. The molecule has 0 radical (unpaired) electrons. The molecule has 0 aromatic carbocycles. The molecule has 94 valence electrons. The first-order valence-electron chi connectivity index (χ1n) is 6.12. The minimum atomic E-state index is 0.269. The number of hydrogen-bond donors (Lipinski definition) is 0. The van der Waals surface area contributed by atoms with Crippen molar-refractivity contribution >= 4 is 5.91 Å². The van der Waals surface area contributed by atoms with Crippen LogP contribution in [0.5, 0.6) is 0 Å². The first-order chi connectivity index (χ1) is 7.60. The first kappa shape index (κ1) is 13.5. The van der Waals surface area contributed by atoms with Crippen LogP contribution in [0.2, 0.25) is 0 Å². The van der Waals surface area contributed by atoms with Gasteiger partial charge in [-0.15, -0.1) is 0 Å². The number of ether oxygens (including phenoxy) is 1. The summed E-state index contributed by atoms with van der Waals surface area (Å²) < 4.78 is 5.11. The van der Waals surface area contributed by atoms with Gasteiger partial charge in [-0.1, -0.05) is 6.92 Å². The largest absolute Gasteiger partial charge is 0.383 e. The van der Waals surface area contributed by atoms with Crippen LogP contribution in [0.15, 0.2) is 0 Å². The highest BCUT2D eigenvalue weighted by Crippen LogP contribution is 2.15. The molecule has 2 atom stereocenters. The molecule has 1 saturated heterocycles. The summed E-state index contributed by atoms with van der Waals surface area (Å²) in [5, 5.41) is 0. The predicted molar refractivity (Wildman–Crippen MR) is 64.4 cm³/mol.